The maximum atomic E-state index is 13.1. The van der Waals surface area contributed by atoms with Gasteiger partial charge in [-0.3, -0.25) is 0 Å². The Morgan fingerprint density at radius 2 is 1.90 bits per heavy atom. The third-order valence-electron chi connectivity index (χ3n) is 5.76. The minimum atomic E-state index is -0.968. The van der Waals surface area contributed by atoms with Crippen LogP contribution in [0, 0.1) is 0 Å². The number of nitrogens with zero attached hydrogens (tertiary/aromatic N) is 3. The van der Waals surface area contributed by atoms with E-state index >= 15 is 0 Å². The molecule has 2 atom stereocenters. The Hall–Kier alpha value is -2.77. The monoisotopic (exact) mass is 437 g/mol. The van der Waals surface area contributed by atoms with Crippen molar-refractivity contribution in [3.05, 3.63) is 71.2 Å². The van der Waals surface area contributed by atoms with Gasteiger partial charge in [0, 0.05) is 24.9 Å². The molecule has 2 heterocycles. The zero-order chi connectivity index (χ0) is 22.1. The first-order chi connectivity index (χ1) is 14.8. The number of amides is 1. The van der Waals surface area contributed by atoms with Crippen molar-refractivity contribution in [2.45, 2.75) is 50.9 Å². The van der Waals surface area contributed by atoms with E-state index in [1.54, 1.807) is 24.3 Å². The first-order valence-electron chi connectivity index (χ1n) is 10.4. The summed E-state index contributed by atoms with van der Waals surface area (Å²) in [5.41, 5.74) is 2.85. The summed E-state index contributed by atoms with van der Waals surface area (Å²) in [6.07, 6.45) is 0.592. The predicted octanol–water partition coefficient (Wildman–Crippen LogP) is 5.16. The van der Waals surface area contributed by atoms with Crippen LogP contribution in [0.15, 0.2) is 60.1 Å². The summed E-state index contributed by atoms with van der Waals surface area (Å²) in [5, 5.41) is 19.4. The molecule has 0 bridgehead atoms. The quantitative estimate of drug-likeness (QED) is 0.576. The minimum Gasteiger partial charge on any atom is -0.438 e. The number of carbonyl (C=O) groups excluding carboxylic acids is 1. The molecule has 1 N–H and O–H groups in total. The lowest BCUT2D eigenvalue weighted by molar-refractivity contribution is -0.101. The Bertz CT molecular complexity index is 1020. The largest absolute Gasteiger partial charge is 0.438 e. The molecule has 162 valence electrons. The summed E-state index contributed by atoms with van der Waals surface area (Å²) in [6, 6.07) is 17.6. The van der Waals surface area contributed by atoms with Gasteiger partial charge in [0.2, 0.25) is 0 Å². The van der Waals surface area contributed by atoms with E-state index in [1.807, 2.05) is 61.5 Å². The van der Waals surface area contributed by atoms with Crippen molar-refractivity contribution in [3.63, 3.8) is 0 Å². The smallest absolute Gasteiger partial charge is 0.411 e. The van der Waals surface area contributed by atoms with E-state index < -0.39 is 11.2 Å². The highest BCUT2D eigenvalue weighted by molar-refractivity contribution is 7.12. The van der Waals surface area contributed by atoms with E-state index in [-0.39, 0.29) is 12.1 Å². The molecule has 4 rings (SSSR count). The normalized spacial score (nSPS) is 20.4. The highest BCUT2D eigenvalue weighted by atomic mass is 32.1. The molecule has 6 nitrogen and oxygen atoms in total. The zero-order valence-corrected chi connectivity index (χ0v) is 18.8. The van der Waals surface area contributed by atoms with Gasteiger partial charge in [-0.2, -0.15) is 0 Å². The van der Waals surface area contributed by atoms with Crippen LogP contribution >= 0.6 is 11.3 Å². The molecule has 7 heteroatoms. The molecule has 0 radical (unpaired) electrons. The molecule has 0 saturated carbocycles. The van der Waals surface area contributed by atoms with Crippen LogP contribution < -0.4 is 0 Å². The average Bonchev–Trinajstić information content (AvgIpc) is 3.28. The molecule has 0 spiro atoms. The Labute approximate surface area is 186 Å². The van der Waals surface area contributed by atoms with Crippen LogP contribution in [0.25, 0.3) is 10.6 Å². The van der Waals surface area contributed by atoms with Gasteiger partial charge < -0.3 is 14.7 Å². The molecule has 1 aliphatic heterocycles. The van der Waals surface area contributed by atoms with Crippen molar-refractivity contribution >= 4 is 17.4 Å². The predicted molar refractivity (Wildman–Crippen MR) is 121 cm³/mol. The lowest BCUT2D eigenvalue weighted by Crippen LogP contribution is -2.51. The van der Waals surface area contributed by atoms with Crippen LogP contribution in [0.2, 0.25) is 0 Å². The Morgan fingerprint density at radius 1 is 1.19 bits per heavy atom. The summed E-state index contributed by atoms with van der Waals surface area (Å²) in [7, 11) is 0. The molecular weight excluding hydrogens is 410 g/mol. The first kappa shape index (κ1) is 21.5. The van der Waals surface area contributed by atoms with Gasteiger partial charge in [0.05, 0.1) is 11.6 Å². The second-order valence-electron chi connectivity index (χ2n) is 8.70. The second-order valence-corrected chi connectivity index (χ2v) is 9.54. The van der Waals surface area contributed by atoms with Crippen LogP contribution in [0.4, 0.5) is 4.79 Å². The molecule has 0 unspecified atom stereocenters. The number of hydrogen-bond acceptors (Lipinski definition) is 6. The highest BCUT2D eigenvalue weighted by Crippen LogP contribution is 2.42. The molecule has 1 aliphatic rings. The molecular formula is C24H27N3O3S. The summed E-state index contributed by atoms with van der Waals surface area (Å²) < 4.78 is 6.08. The first-order valence-corrected chi connectivity index (χ1v) is 11.3. The van der Waals surface area contributed by atoms with Crippen molar-refractivity contribution < 1.29 is 14.6 Å². The van der Waals surface area contributed by atoms with Crippen LogP contribution in [-0.4, -0.2) is 38.4 Å². The lowest BCUT2D eigenvalue weighted by atomic mass is 9.80. The molecule has 1 aromatic heterocycles. The van der Waals surface area contributed by atoms with Crippen molar-refractivity contribution in [1.82, 2.24) is 15.1 Å². The van der Waals surface area contributed by atoms with Crippen LogP contribution in [-0.2, 0) is 10.3 Å². The van der Waals surface area contributed by atoms with Gasteiger partial charge in [-0.25, -0.2) is 4.79 Å². The molecule has 2 aromatic carbocycles. The van der Waals surface area contributed by atoms with Gasteiger partial charge in [0.1, 0.15) is 16.1 Å². The molecule has 1 fully saturated rings. The number of cyclic esters (lactones) is 1. The van der Waals surface area contributed by atoms with Crippen LogP contribution in [0.5, 0.6) is 0 Å². The number of rotatable bonds is 6. The van der Waals surface area contributed by atoms with E-state index in [2.05, 4.69) is 10.2 Å². The molecule has 1 saturated heterocycles. The molecule has 31 heavy (non-hydrogen) atoms. The van der Waals surface area contributed by atoms with Gasteiger partial charge >= 0.3 is 6.09 Å². The summed E-state index contributed by atoms with van der Waals surface area (Å²) >= 11 is 1.49. The van der Waals surface area contributed by atoms with Crippen molar-refractivity contribution in [3.8, 4) is 10.6 Å². The zero-order valence-electron chi connectivity index (χ0n) is 18.0. The maximum Gasteiger partial charge on any atom is 0.411 e. The summed E-state index contributed by atoms with van der Waals surface area (Å²) in [5.74, 6) is 0. The van der Waals surface area contributed by atoms with Crippen LogP contribution in [0.1, 0.15) is 50.8 Å². The van der Waals surface area contributed by atoms with E-state index in [1.165, 1.54) is 11.3 Å². The molecule has 3 aromatic rings. The van der Waals surface area contributed by atoms with E-state index in [0.29, 0.717) is 19.4 Å². The number of hydrogen-bond donors (Lipinski definition) is 1. The number of ether oxygens (including phenoxy) is 1. The number of benzene rings is 2. The van der Waals surface area contributed by atoms with Gasteiger partial charge in [0.15, 0.2) is 0 Å². The number of carbonyl (C=O) groups is 1. The van der Waals surface area contributed by atoms with E-state index in [4.69, 9.17) is 4.74 Å². The van der Waals surface area contributed by atoms with Gasteiger partial charge in [-0.15, -0.1) is 10.2 Å². The van der Waals surface area contributed by atoms with Crippen LogP contribution in [0.3, 0.4) is 0 Å². The number of aromatic nitrogens is 2. The third-order valence-corrected chi connectivity index (χ3v) is 6.50. The Morgan fingerprint density at radius 3 is 2.48 bits per heavy atom. The van der Waals surface area contributed by atoms with E-state index in [9.17, 15) is 9.90 Å². The minimum absolute atomic E-state index is 0.133. The molecule has 1 amide bonds. The average molecular weight is 438 g/mol. The summed E-state index contributed by atoms with van der Waals surface area (Å²) in [6.45, 7) is 6.05. The SMILES string of the molecule is C[C@@H](c1ccc(-c2nncs2)cc1)N1CC[C@](CC(C)(C)O)(c2ccccc2)OC1=O. The fourth-order valence-corrected chi connectivity index (χ4v) is 4.83. The van der Waals surface area contributed by atoms with Crippen molar-refractivity contribution in [2.24, 2.45) is 0 Å². The fraction of sp³-hybridized carbons (Fsp3) is 0.375. The summed E-state index contributed by atoms with van der Waals surface area (Å²) in [4.78, 5) is 14.9. The van der Waals surface area contributed by atoms with Gasteiger partial charge in [-0.1, -0.05) is 65.9 Å². The fourth-order valence-electron chi connectivity index (χ4n) is 4.27. The van der Waals surface area contributed by atoms with E-state index in [0.717, 1.165) is 21.7 Å². The number of aliphatic hydroxyl groups is 1. The van der Waals surface area contributed by atoms with Crippen molar-refractivity contribution in [1.29, 1.82) is 0 Å². The van der Waals surface area contributed by atoms with Gasteiger partial charge in [0.25, 0.3) is 0 Å². The standard InChI is InChI=1S/C24H27N3O3S/c1-17(18-9-11-19(12-10-18)21-26-25-16-31-21)27-14-13-24(30-22(27)28,15-23(2,3)29)20-7-5-4-6-8-20/h4-12,16-17,29H,13-15H2,1-3H3/t17-,24-/m0/s1. The third kappa shape index (κ3) is 4.62. The Balaban J connectivity index is 1.54. The Kier molecular flexibility index (Phi) is 5.81. The maximum absolute atomic E-state index is 13.1. The topological polar surface area (TPSA) is 75.6 Å². The van der Waals surface area contributed by atoms with Crippen molar-refractivity contribution in [2.75, 3.05) is 6.54 Å². The molecule has 0 aliphatic carbocycles. The highest BCUT2D eigenvalue weighted by Gasteiger charge is 2.46. The second kappa shape index (κ2) is 8.40. The lowest BCUT2D eigenvalue weighted by Gasteiger charge is -2.45. The van der Waals surface area contributed by atoms with Gasteiger partial charge in [-0.05, 0) is 31.9 Å².